The Balaban J connectivity index is 3.42. The van der Waals surface area contributed by atoms with Gasteiger partial charge in [0.05, 0.1) is 0 Å². The summed E-state index contributed by atoms with van der Waals surface area (Å²) >= 11 is 12.3. The van der Waals surface area contributed by atoms with Gasteiger partial charge >= 0.3 is 0 Å². The van der Waals surface area contributed by atoms with E-state index in [0.717, 1.165) is 25.7 Å². The molecular formula is C11H22Cl2. The minimum Gasteiger partial charge on any atom is -0.102 e. The average molecular weight is 225 g/mol. The van der Waals surface area contributed by atoms with Crippen LogP contribution in [-0.2, 0) is 0 Å². The smallest absolute Gasteiger partial charge is 0.102 e. The minimum atomic E-state index is -0.454. The van der Waals surface area contributed by atoms with E-state index < -0.39 is 4.33 Å². The van der Waals surface area contributed by atoms with Gasteiger partial charge in [0, 0.05) is 0 Å². The van der Waals surface area contributed by atoms with Crippen molar-refractivity contribution < 1.29 is 0 Å². The zero-order valence-corrected chi connectivity index (χ0v) is 10.4. The van der Waals surface area contributed by atoms with Crippen LogP contribution in [0.5, 0.6) is 0 Å². The number of hydrogen-bond donors (Lipinski definition) is 0. The van der Waals surface area contributed by atoms with Crippen molar-refractivity contribution in [1.82, 2.24) is 0 Å². The van der Waals surface area contributed by atoms with Crippen LogP contribution >= 0.6 is 23.2 Å². The Morgan fingerprint density at radius 3 is 1.46 bits per heavy atom. The molecule has 0 radical (unpaired) electrons. The van der Waals surface area contributed by atoms with Gasteiger partial charge in [-0.3, -0.25) is 0 Å². The molecule has 0 amide bonds. The van der Waals surface area contributed by atoms with Crippen molar-refractivity contribution in [2.24, 2.45) is 0 Å². The lowest BCUT2D eigenvalue weighted by Crippen LogP contribution is -2.12. The topological polar surface area (TPSA) is 0 Å². The lowest BCUT2D eigenvalue weighted by atomic mass is 10.1. The number of unbranched alkanes of at least 4 members (excludes halogenated alkanes) is 4. The summed E-state index contributed by atoms with van der Waals surface area (Å²) in [6.07, 6.45) is 9.19. The average Bonchev–Trinajstić information content (AvgIpc) is 2.05. The van der Waals surface area contributed by atoms with Gasteiger partial charge in [-0.1, -0.05) is 52.4 Å². The monoisotopic (exact) mass is 224 g/mol. The number of hydrogen-bond acceptors (Lipinski definition) is 0. The zero-order chi connectivity index (χ0) is 10.2. The lowest BCUT2D eigenvalue weighted by molar-refractivity contribution is 0.545. The molecule has 0 aromatic carbocycles. The maximum absolute atomic E-state index is 6.17. The summed E-state index contributed by atoms with van der Waals surface area (Å²) in [4.78, 5) is 0. The highest BCUT2D eigenvalue weighted by Crippen LogP contribution is 2.33. The van der Waals surface area contributed by atoms with Crippen LogP contribution in [0.3, 0.4) is 0 Å². The van der Waals surface area contributed by atoms with Crippen molar-refractivity contribution in [1.29, 1.82) is 0 Å². The maximum Gasteiger partial charge on any atom is 0.118 e. The van der Waals surface area contributed by atoms with Crippen LogP contribution in [0.1, 0.15) is 65.2 Å². The maximum atomic E-state index is 6.17. The van der Waals surface area contributed by atoms with Gasteiger partial charge < -0.3 is 0 Å². The molecule has 0 rings (SSSR count). The largest absolute Gasteiger partial charge is 0.118 e. The predicted molar refractivity (Wildman–Crippen MR) is 62.7 cm³/mol. The molecule has 0 fully saturated rings. The lowest BCUT2D eigenvalue weighted by Gasteiger charge is -2.18. The Kier molecular flexibility index (Phi) is 8.29. The van der Waals surface area contributed by atoms with E-state index in [1.807, 2.05) is 0 Å². The van der Waals surface area contributed by atoms with E-state index in [4.69, 9.17) is 23.2 Å². The predicted octanol–water partition coefficient (Wildman–Crippen LogP) is 5.32. The molecule has 0 heterocycles. The van der Waals surface area contributed by atoms with Crippen molar-refractivity contribution in [2.75, 3.05) is 0 Å². The van der Waals surface area contributed by atoms with Crippen LogP contribution in [0.2, 0.25) is 0 Å². The van der Waals surface area contributed by atoms with Gasteiger partial charge in [-0.15, -0.1) is 23.2 Å². The minimum absolute atomic E-state index is 0.454. The number of alkyl halides is 2. The van der Waals surface area contributed by atoms with Crippen LogP contribution in [0.4, 0.5) is 0 Å². The third-order valence-corrected chi connectivity index (χ3v) is 3.05. The van der Waals surface area contributed by atoms with Crippen LogP contribution in [0.25, 0.3) is 0 Å². The van der Waals surface area contributed by atoms with Gasteiger partial charge in [0.2, 0.25) is 0 Å². The summed E-state index contributed by atoms with van der Waals surface area (Å²) in [6.45, 7) is 4.39. The van der Waals surface area contributed by atoms with E-state index in [-0.39, 0.29) is 0 Å². The molecule has 0 saturated carbocycles. The van der Waals surface area contributed by atoms with Gasteiger partial charge in [-0.25, -0.2) is 0 Å². The highest BCUT2D eigenvalue weighted by molar-refractivity contribution is 6.48. The second-order valence-electron chi connectivity index (χ2n) is 3.77. The Hall–Kier alpha value is 0.580. The second-order valence-corrected chi connectivity index (χ2v) is 5.41. The molecule has 0 aliphatic carbocycles. The SMILES string of the molecule is CCCCCC(Cl)(Cl)CCCCC. The molecule has 0 aliphatic rings. The first-order chi connectivity index (χ1) is 6.12. The third-order valence-electron chi connectivity index (χ3n) is 2.29. The van der Waals surface area contributed by atoms with Crippen molar-refractivity contribution in [3.05, 3.63) is 0 Å². The van der Waals surface area contributed by atoms with E-state index in [2.05, 4.69) is 13.8 Å². The Bertz CT molecular complexity index is 98.7. The molecule has 80 valence electrons. The quantitative estimate of drug-likeness (QED) is 0.387. The van der Waals surface area contributed by atoms with E-state index >= 15 is 0 Å². The van der Waals surface area contributed by atoms with Crippen molar-refractivity contribution in [3.63, 3.8) is 0 Å². The first-order valence-corrected chi connectivity index (χ1v) is 6.26. The zero-order valence-electron chi connectivity index (χ0n) is 8.91. The van der Waals surface area contributed by atoms with E-state index in [9.17, 15) is 0 Å². The highest BCUT2D eigenvalue weighted by Gasteiger charge is 2.21. The number of rotatable bonds is 8. The summed E-state index contributed by atoms with van der Waals surface area (Å²) < 4.78 is -0.454. The van der Waals surface area contributed by atoms with Crippen molar-refractivity contribution in [3.8, 4) is 0 Å². The van der Waals surface area contributed by atoms with Crippen LogP contribution in [0, 0.1) is 0 Å². The molecule has 13 heavy (non-hydrogen) atoms. The summed E-state index contributed by atoms with van der Waals surface area (Å²) in [5, 5.41) is 0. The first kappa shape index (κ1) is 13.6. The molecule has 0 spiro atoms. The molecule has 0 atom stereocenters. The first-order valence-electron chi connectivity index (χ1n) is 5.50. The molecule has 0 aliphatic heterocycles. The molecule has 0 unspecified atom stereocenters. The van der Waals surface area contributed by atoms with Crippen LogP contribution in [0.15, 0.2) is 0 Å². The Labute approximate surface area is 93.0 Å². The molecule has 0 N–H and O–H groups in total. The molecule has 2 heteroatoms. The van der Waals surface area contributed by atoms with Gasteiger partial charge in [-0.05, 0) is 12.8 Å². The fourth-order valence-electron chi connectivity index (χ4n) is 1.39. The Morgan fingerprint density at radius 2 is 1.15 bits per heavy atom. The van der Waals surface area contributed by atoms with E-state index in [0.29, 0.717) is 0 Å². The standard InChI is InChI=1S/C11H22Cl2/c1-3-5-7-9-11(12,13)10-8-6-4-2/h3-10H2,1-2H3. The van der Waals surface area contributed by atoms with Gasteiger partial charge in [-0.2, -0.15) is 0 Å². The van der Waals surface area contributed by atoms with Crippen molar-refractivity contribution in [2.45, 2.75) is 69.5 Å². The summed E-state index contributed by atoms with van der Waals surface area (Å²) in [5.74, 6) is 0. The van der Waals surface area contributed by atoms with E-state index in [1.54, 1.807) is 0 Å². The molecule has 0 aromatic rings. The highest BCUT2D eigenvalue weighted by atomic mass is 35.5. The normalized spacial score (nSPS) is 12.0. The summed E-state index contributed by atoms with van der Waals surface area (Å²) in [7, 11) is 0. The van der Waals surface area contributed by atoms with E-state index in [1.165, 1.54) is 25.7 Å². The van der Waals surface area contributed by atoms with Crippen molar-refractivity contribution >= 4 is 23.2 Å². The Morgan fingerprint density at radius 1 is 0.769 bits per heavy atom. The molecule has 0 nitrogen and oxygen atoms in total. The molecule has 0 aromatic heterocycles. The molecular weight excluding hydrogens is 203 g/mol. The van der Waals surface area contributed by atoms with Gasteiger partial charge in [0.25, 0.3) is 0 Å². The molecule has 0 saturated heterocycles. The van der Waals surface area contributed by atoms with Gasteiger partial charge in [0.15, 0.2) is 0 Å². The van der Waals surface area contributed by atoms with Crippen LogP contribution < -0.4 is 0 Å². The fourth-order valence-corrected chi connectivity index (χ4v) is 1.93. The fraction of sp³-hybridized carbons (Fsp3) is 1.00. The summed E-state index contributed by atoms with van der Waals surface area (Å²) in [5.41, 5.74) is 0. The molecule has 0 bridgehead atoms. The van der Waals surface area contributed by atoms with Gasteiger partial charge in [0.1, 0.15) is 4.33 Å². The van der Waals surface area contributed by atoms with Crippen LogP contribution in [-0.4, -0.2) is 4.33 Å². The number of halogens is 2. The summed E-state index contributed by atoms with van der Waals surface area (Å²) in [6, 6.07) is 0. The third kappa shape index (κ3) is 8.90. The second kappa shape index (κ2) is 7.94.